The summed E-state index contributed by atoms with van der Waals surface area (Å²) in [4.78, 5) is 20.0. The topological polar surface area (TPSA) is 77.4 Å². The third kappa shape index (κ3) is 1.78. The zero-order chi connectivity index (χ0) is 14.4. The van der Waals surface area contributed by atoms with Crippen LogP contribution in [0.25, 0.3) is 22.7 Å². The molecule has 7 heteroatoms. The van der Waals surface area contributed by atoms with E-state index in [9.17, 15) is 4.79 Å². The van der Waals surface area contributed by atoms with Crippen molar-refractivity contribution in [1.29, 1.82) is 0 Å². The van der Waals surface area contributed by atoms with Gasteiger partial charge in [-0.15, -0.1) is 0 Å². The smallest absolute Gasteiger partial charge is 0.265 e. The van der Waals surface area contributed by atoms with E-state index >= 15 is 0 Å². The molecule has 0 aliphatic carbocycles. The molecule has 0 N–H and O–H groups in total. The maximum Gasteiger partial charge on any atom is 0.296 e. The first-order valence-electron chi connectivity index (χ1n) is 6.40. The predicted octanol–water partition coefficient (Wildman–Crippen LogP) is 1.11. The highest BCUT2D eigenvalue weighted by Gasteiger charge is 2.10. The van der Waals surface area contributed by atoms with Crippen LogP contribution >= 0.6 is 0 Å². The number of nitrogens with zero attached hydrogens (tertiary/aromatic N) is 6. The molecule has 0 aliphatic rings. The quantitative estimate of drug-likeness (QED) is 0.521. The molecule has 0 saturated heterocycles. The number of rotatable bonds is 1. The summed E-state index contributed by atoms with van der Waals surface area (Å²) in [6.07, 6.45) is 1.53. The van der Waals surface area contributed by atoms with Crippen molar-refractivity contribution < 1.29 is 0 Å². The van der Waals surface area contributed by atoms with Gasteiger partial charge < -0.3 is 0 Å². The summed E-state index contributed by atoms with van der Waals surface area (Å²) in [5, 5.41) is 8.60. The second-order valence-corrected chi connectivity index (χ2v) is 4.66. The Morgan fingerprint density at radius 1 is 1.10 bits per heavy atom. The van der Waals surface area contributed by atoms with Crippen LogP contribution in [0.4, 0.5) is 0 Å². The summed E-state index contributed by atoms with van der Waals surface area (Å²) in [6.45, 7) is 1.62. The van der Waals surface area contributed by atoms with E-state index in [-0.39, 0.29) is 5.56 Å². The minimum Gasteiger partial charge on any atom is -0.265 e. The minimum absolute atomic E-state index is 0.323. The predicted molar refractivity (Wildman–Crippen MR) is 76.0 cm³/mol. The summed E-state index contributed by atoms with van der Waals surface area (Å²) >= 11 is 0. The SMILES string of the molecule is Cc1nn2cnc3cc(-c4ccccc4)nn3c2nc1=O. The minimum atomic E-state index is -0.362. The molecule has 0 spiro atoms. The van der Waals surface area contributed by atoms with Crippen LogP contribution in [0, 0.1) is 6.92 Å². The third-order valence-corrected chi connectivity index (χ3v) is 3.22. The molecule has 0 saturated carbocycles. The van der Waals surface area contributed by atoms with Crippen molar-refractivity contribution in [3.63, 3.8) is 0 Å². The Kier molecular flexibility index (Phi) is 2.34. The number of fused-ring (bicyclic) bond motifs is 3. The zero-order valence-electron chi connectivity index (χ0n) is 11.1. The van der Waals surface area contributed by atoms with Crippen molar-refractivity contribution in [1.82, 2.24) is 29.2 Å². The van der Waals surface area contributed by atoms with Gasteiger partial charge in [0.1, 0.15) is 12.0 Å². The molecule has 0 bridgehead atoms. The van der Waals surface area contributed by atoms with Gasteiger partial charge in [-0.25, -0.2) is 4.98 Å². The van der Waals surface area contributed by atoms with E-state index in [1.165, 1.54) is 15.4 Å². The Hall–Kier alpha value is -3.09. The van der Waals surface area contributed by atoms with E-state index in [1.54, 1.807) is 6.92 Å². The van der Waals surface area contributed by atoms with Gasteiger partial charge in [-0.05, 0) is 6.92 Å². The van der Waals surface area contributed by atoms with Crippen LogP contribution in [0.5, 0.6) is 0 Å². The lowest BCUT2D eigenvalue weighted by molar-refractivity contribution is 0.767. The van der Waals surface area contributed by atoms with Gasteiger partial charge >= 0.3 is 0 Å². The maximum absolute atomic E-state index is 11.7. The largest absolute Gasteiger partial charge is 0.296 e. The lowest BCUT2D eigenvalue weighted by Crippen LogP contribution is -2.18. The summed E-state index contributed by atoms with van der Waals surface area (Å²) in [6, 6.07) is 11.6. The Labute approximate surface area is 118 Å². The normalized spacial score (nSPS) is 11.3. The van der Waals surface area contributed by atoms with Crippen molar-refractivity contribution in [3.8, 4) is 11.3 Å². The third-order valence-electron chi connectivity index (χ3n) is 3.22. The number of aryl methyl sites for hydroxylation is 1. The average Bonchev–Trinajstić information content (AvgIpc) is 2.94. The summed E-state index contributed by atoms with van der Waals surface area (Å²) < 4.78 is 2.97. The van der Waals surface area contributed by atoms with Gasteiger partial charge in [0.15, 0.2) is 5.65 Å². The Bertz CT molecular complexity index is 1020. The standard InChI is InChI=1S/C14H10N6O/c1-9-13(21)16-14-19(17-9)8-15-12-7-11(18-20(12)14)10-5-3-2-4-6-10/h2-8H,1H3. The lowest BCUT2D eigenvalue weighted by Gasteiger charge is -2.00. The van der Waals surface area contributed by atoms with Crippen LogP contribution < -0.4 is 5.56 Å². The monoisotopic (exact) mass is 278 g/mol. The fourth-order valence-corrected chi connectivity index (χ4v) is 2.17. The molecule has 102 valence electrons. The molecule has 0 unspecified atom stereocenters. The highest BCUT2D eigenvalue weighted by molar-refractivity contribution is 5.64. The number of benzene rings is 1. The molecule has 4 rings (SSSR count). The molecule has 7 nitrogen and oxygen atoms in total. The number of aromatic nitrogens is 6. The number of hydrogen-bond acceptors (Lipinski definition) is 5. The molecule has 0 radical (unpaired) electrons. The first-order valence-corrected chi connectivity index (χ1v) is 6.40. The van der Waals surface area contributed by atoms with Gasteiger partial charge in [0.05, 0.1) is 5.69 Å². The molecule has 0 aliphatic heterocycles. The van der Waals surface area contributed by atoms with Crippen molar-refractivity contribution in [2.45, 2.75) is 6.92 Å². The molecule has 21 heavy (non-hydrogen) atoms. The van der Waals surface area contributed by atoms with E-state index in [4.69, 9.17) is 0 Å². The van der Waals surface area contributed by atoms with Gasteiger partial charge in [-0.3, -0.25) is 4.79 Å². The Morgan fingerprint density at radius 2 is 1.90 bits per heavy atom. The summed E-state index contributed by atoms with van der Waals surface area (Å²) in [7, 11) is 0. The van der Waals surface area contributed by atoms with Crippen molar-refractivity contribution in [3.05, 3.63) is 58.8 Å². The van der Waals surface area contributed by atoms with Gasteiger partial charge in [-0.2, -0.15) is 24.2 Å². The number of hydrogen-bond donors (Lipinski definition) is 0. The van der Waals surface area contributed by atoms with Gasteiger partial charge in [-0.1, -0.05) is 30.3 Å². The van der Waals surface area contributed by atoms with Gasteiger partial charge in [0.2, 0.25) is 0 Å². The second kappa shape index (κ2) is 4.20. The van der Waals surface area contributed by atoms with Crippen molar-refractivity contribution in [2.75, 3.05) is 0 Å². The van der Waals surface area contributed by atoms with Crippen molar-refractivity contribution >= 4 is 11.4 Å². The molecule has 3 aromatic heterocycles. The van der Waals surface area contributed by atoms with Gasteiger partial charge in [0, 0.05) is 11.6 Å². The summed E-state index contributed by atoms with van der Waals surface area (Å²) in [5.41, 5.74) is 2.32. The fraction of sp³-hybridized carbons (Fsp3) is 0.0714. The van der Waals surface area contributed by atoms with E-state index in [1.807, 2.05) is 36.4 Å². The van der Waals surface area contributed by atoms with Crippen LogP contribution in [-0.2, 0) is 0 Å². The van der Waals surface area contributed by atoms with Crippen LogP contribution in [0.2, 0.25) is 0 Å². The van der Waals surface area contributed by atoms with Crippen LogP contribution in [0.3, 0.4) is 0 Å². The van der Waals surface area contributed by atoms with E-state index in [2.05, 4.69) is 20.2 Å². The van der Waals surface area contributed by atoms with Gasteiger partial charge in [0.25, 0.3) is 11.3 Å². The van der Waals surface area contributed by atoms with Crippen molar-refractivity contribution in [2.24, 2.45) is 0 Å². The van der Waals surface area contributed by atoms with E-state index in [0.717, 1.165) is 11.3 Å². The molecule has 3 heterocycles. The van der Waals surface area contributed by atoms with Crippen LogP contribution in [0.1, 0.15) is 5.69 Å². The second-order valence-electron chi connectivity index (χ2n) is 4.66. The Balaban J connectivity index is 2.06. The molecule has 0 amide bonds. The molecule has 1 aromatic carbocycles. The highest BCUT2D eigenvalue weighted by atomic mass is 16.1. The molecule has 0 atom stereocenters. The van der Waals surface area contributed by atoms with E-state index < -0.39 is 0 Å². The Morgan fingerprint density at radius 3 is 2.71 bits per heavy atom. The van der Waals surface area contributed by atoms with E-state index in [0.29, 0.717) is 17.1 Å². The first kappa shape index (κ1) is 11.7. The molecule has 4 aromatic rings. The van der Waals surface area contributed by atoms with Crippen LogP contribution in [0.15, 0.2) is 47.5 Å². The fourth-order valence-electron chi connectivity index (χ4n) is 2.17. The molecule has 0 fully saturated rings. The maximum atomic E-state index is 11.7. The lowest BCUT2D eigenvalue weighted by atomic mass is 10.2. The first-order chi connectivity index (χ1) is 10.2. The van der Waals surface area contributed by atoms with Crippen LogP contribution in [-0.4, -0.2) is 29.2 Å². The molecular weight excluding hydrogens is 268 g/mol. The summed E-state index contributed by atoms with van der Waals surface area (Å²) in [5.74, 6) is 0.345. The average molecular weight is 278 g/mol. The zero-order valence-corrected chi connectivity index (χ0v) is 11.1. The molecular formula is C14H10N6O. The highest BCUT2D eigenvalue weighted by Crippen LogP contribution is 2.18.